The molecule has 0 fully saturated rings. The van der Waals surface area contributed by atoms with Gasteiger partial charge in [-0.25, -0.2) is 0 Å². The molecule has 1 N–H and O–H groups in total. The van der Waals surface area contributed by atoms with Crippen molar-refractivity contribution in [1.82, 2.24) is 5.32 Å². The molecule has 7 heteroatoms. The van der Waals surface area contributed by atoms with Crippen LogP contribution in [0.15, 0.2) is 18.2 Å². The van der Waals surface area contributed by atoms with E-state index in [0.29, 0.717) is 31.5 Å². The van der Waals surface area contributed by atoms with Gasteiger partial charge in [0.1, 0.15) is 0 Å². The average Bonchev–Trinajstić information content (AvgIpc) is 2.36. The third-order valence-electron chi connectivity index (χ3n) is 2.65. The van der Waals surface area contributed by atoms with Gasteiger partial charge in [0, 0.05) is 13.0 Å². The number of nitrogens with one attached hydrogen (secondary N) is 1. The number of hydrogen-bond acceptors (Lipinski definition) is 1. The van der Waals surface area contributed by atoms with Crippen molar-refractivity contribution in [2.45, 2.75) is 31.7 Å². The normalized spacial score (nSPS) is 12.2. The fourth-order valence-electron chi connectivity index (χ4n) is 1.67. The van der Waals surface area contributed by atoms with Gasteiger partial charge in [0.05, 0.1) is 11.1 Å². The lowest BCUT2D eigenvalue weighted by Crippen LogP contribution is -2.17. The zero-order valence-electron chi connectivity index (χ0n) is 10.9. The van der Waals surface area contributed by atoms with E-state index >= 15 is 0 Å². The van der Waals surface area contributed by atoms with E-state index in [4.69, 9.17) is 6.42 Å². The Morgan fingerprint density at radius 3 is 1.90 bits per heavy atom. The van der Waals surface area contributed by atoms with Crippen LogP contribution < -0.4 is 5.32 Å². The van der Waals surface area contributed by atoms with Crippen molar-refractivity contribution >= 4 is 0 Å². The Kier molecular flexibility index (Phi) is 5.67. The molecule has 0 saturated carbocycles. The van der Waals surface area contributed by atoms with Crippen molar-refractivity contribution in [3.63, 3.8) is 0 Å². The van der Waals surface area contributed by atoms with E-state index in [0.717, 1.165) is 0 Å². The summed E-state index contributed by atoms with van der Waals surface area (Å²) in [6, 6.07) is 1.54. The molecule has 0 heterocycles. The van der Waals surface area contributed by atoms with Crippen LogP contribution in [-0.2, 0) is 18.9 Å². The van der Waals surface area contributed by atoms with Gasteiger partial charge in [-0.1, -0.05) is 0 Å². The van der Waals surface area contributed by atoms with Crippen molar-refractivity contribution in [3.8, 4) is 12.3 Å². The smallest absolute Gasteiger partial charge is 0.313 e. The van der Waals surface area contributed by atoms with Crippen LogP contribution in [0.4, 0.5) is 26.3 Å². The molecule has 1 aromatic rings. The number of halogens is 6. The first-order valence-corrected chi connectivity index (χ1v) is 6.07. The van der Waals surface area contributed by atoms with Gasteiger partial charge in [-0.05, 0) is 36.7 Å². The molecule has 0 atom stereocenters. The van der Waals surface area contributed by atoms with Crippen molar-refractivity contribution in [1.29, 1.82) is 0 Å². The van der Waals surface area contributed by atoms with E-state index in [9.17, 15) is 26.3 Å². The predicted molar refractivity (Wildman–Crippen MR) is 66.2 cm³/mol. The second-order valence-electron chi connectivity index (χ2n) is 4.40. The monoisotopic (exact) mass is 309 g/mol. The molecule has 1 nitrogen and oxygen atoms in total. The standard InChI is InChI=1S/C14H13F6N/c1-2-3-4-5-21-9-10-6-11(13(15,16)17)8-12(7-10)14(18,19)20/h1,6-8,21H,3-5,9H2. The fourth-order valence-corrected chi connectivity index (χ4v) is 1.67. The Balaban J connectivity index is 2.91. The minimum atomic E-state index is -4.82. The van der Waals surface area contributed by atoms with Gasteiger partial charge in [0.15, 0.2) is 0 Å². The molecule has 0 bridgehead atoms. The largest absolute Gasteiger partial charge is 0.416 e. The van der Waals surface area contributed by atoms with Crippen LogP contribution >= 0.6 is 0 Å². The van der Waals surface area contributed by atoms with Gasteiger partial charge >= 0.3 is 12.4 Å². The molecule has 21 heavy (non-hydrogen) atoms. The molecular formula is C14H13F6N. The zero-order valence-corrected chi connectivity index (χ0v) is 10.9. The van der Waals surface area contributed by atoms with Crippen molar-refractivity contribution in [2.24, 2.45) is 0 Å². The summed E-state index contributed by atoms with van der Waals surface area (Å²) >= 11 is 0. The van der Waals surface area contributed by atoms with Crippen molar-refractivity contribution in [3.05, 3.63) is 34.9 Å². The van der Waals surface area contributed by atoms with Crippen LogP contribution in [0.1, 0.15) is 29.5 Å². The summed E-state index contributed by atoms with van der Waals surface area (Å²) < 4.78 is 75.7. The van der Waals surface area contributed by atoms with Gasteiger partial charge < -0.3 is 5.32 Å². The first kappa shape index (κ1) is 17.4. The molecule has 0 unspecified atom stereocenters. The Labute approximate surface area is 118 Å². The molecule has 0 radical (unpaired) electrons. The van der Waals surface area contributed by atoms with E-state index in [1.54, 1.807) is 0 Å². The van der Waals surface area contributed by atoms with Crippen LogP contribution in [0, 0.1) is 12.3 Å². The lowest BCUT2D eigenvalue weighted by Gasteiger charge is -2.14. The zero-order chi connectivity index (χ0) is 16.1. The Hall–Kier alpha value is -1.68. The van der Waals surface area contributed by atoms with Crippen molar-refractivity contribution in [2.75, 3.05) is 6.54 Å². The maximum atomic E-state index is 12.6. The topological polar surface area (TPSA) is 12.0 Å². The predicted octanol–water partition coefficient (Wildman–Crippen LogP) is 4.23. The summed E-state index contributed by atoms with van der Waals surface area (Å²) in [5, 5.41) is 2.76. The second kappa shape index (κ2) is 6.85. The van der Waals surface area contributed by atoms with E-state index in [1.807, 2.05) is 0 Å². The summed E-state index contributed by atoms with van der Waals surface area (Å²) in [6.45, 7) is 0.333. The molecule has 0 aliphatic rings. The number of unbranched alkanes of at least 4 members (excludes halogenated alkanes) is 1. The first-order valence-electron chi connectivity index (χ1n) is 6.07. The lowest BCUT2D eigenvalue weighted by molar-refractivity contribution is -0.143. The highest BCUT2D eigenvalue weighted by molar-refractivity contribution is 5.33. The second-order valence-corrected chi connectivity index (χ2v) is 4.40. The maximum absolute atomic E-state index is 12.6. The van der Waals surface area contributed by atoms with Crippen LogP contribution in [-0.4, -0.2) is 6.54 Å². The van der Waals surface area contributed by atoms with Crippen molar-refractivity contribution < 1.29 is 26.3 Å². The third kappa shape index (κ3) is 5.68. The van der Waals surface area contributed by atoms with Gasteiger partial charge in [-0.3, -0.25) is 0 Å². The first-order chi connectivity index (χ1) is 9.64. The molecule has 0 amide bonds. The van der Waals surface area contributed by atoms with E-state index in [-0.39, 0.29) is 18.2 Å². The quantitative estimate of drug-likeness (QED) is 0.488. The summed E-state index contributed by atoms with van der Waals surface area (Å²) in [5.41, 5.74) is -2.69. The molecule has 0 aliphatic heterocycles. The Morgan fingerprint density at radius 2 is 1.48 bits per heavy atom. The molecule has 0 aromatic heterocycles. The maximum Gasteiger partial charge on any atom is 0.416 e. The van der Waals surface area contributed by atoms with Gasteiger partial charge in [-0.15, -0.1) is 12.3 Å². The highest BCUT2D eigenvalue weighted by atomic mass is 19.4. The number of rotatable bonds is 5. The molecule has 0 aliphatic carbocycles. The van der Waals surface area contributed by atoms with Gasteiger partial charge in [0.2, 0.25) is 0 Å². The lowest BCUT2D eigenvalue weighted by atomic mass is 10.0. The van der Waals surface area contributed by atoms with Crippen LogP contribution in [0.25, 0.3) is 0 Å². The average molecular weight is 309 g/mol. The molecular weight excluding hydrogens is 296 g/mol. The summed E-state index contributed by atoms with van der Waals surface area (Å²) in [6.07, 6.45) is -3.52. The molecule has 116 valence electrons. The van der Waals surface area contributed by atoms with Crippen LogP contribution in [0.2, 0.25) is 0 Å². The molecule has 0 spiro atoms. The minimum Gasteiger partial charge on any atom is -0.313 e. The van der Waals surface area contributed by atoms with E-state index < -0.39 is 23.5 Å². The van der Waals surface area contributed by atoms with Crippen LogP contribution in [0.3, 0.4) is 0 Å². The Morgan fingerprint density at radius 1 is 0.952 bits per heavy atom. The molecule has 1 rings (SSSR count). The fraction of sp³-hybridized carbons (Fsp3) is 0.429. The number of hydrogen-bond donors (Lipinski definition) is 1. The SMILES string of the molecule is C#CCCCNCc1cc(C(F)(F)F)cc(C(F)(F)F)c1. The van der Waals surface area contributed by atoms with E-state index in [1.165, 1.54) is 0 Å². The Bertz CT molecular complexity index is 477. The van der Waals surface area contributed by atoms with Gasteiger partial charge in [-0.2, -0.15) is 26.3 Å². The molecule has 0 saturated heterocycles. The summed E-state index contributed by atoms with van der Waals surface area (Å²) in [4.78, 5) is 0. The van der Waals surface area contributed by atoms with Gasteiger partial charge in [0.25, 0.3) is 0 Å². The highest BCUT2D eigenvalue weighted by Crippen LogP contribution is 2.36. The number of benzene rings is 1. The molecule has 1 aromatic carbocycles. The van der Waals surface area contributed by atoms with E-state index in [2.05, 4.69) is 11.2 Å². The minimum absolute atomic E-state index is 0.0714. The van der Waals surface area contributed by atoms with Crippen LogP contribution in [0.5, 0.6) is 0 Å². The summed E-state index contributed by atoms with van der Waals surface area (Å²) in [7, 11) is 0. The highest BCUT2D eigenvalue weighted by Gasteiger charge is 2.36. The number of terminal acetylenes is 1. The third-order valence-corrected chi connectivity index (χ3v) is 2.65. The number of alkyl halides is 6. The summed E-state index contributed by atoms with van der Waals surface area (Å²) in [5.74, 6) is 2.39.